The van der Waals surface area contributed by atoms with E-state index in [0.717, 1.165) is 22.5 Å². The van der Waals surface area contributed by atoms with Crippen LogP contribution in [0.3, 0.4) is 0 Å². The second kappa shape index (κ2) is 8.49. The number of amides is 1. The third-order valence-corrected chi connectivity index (χ3v) is 5.60. The fourth-order valence-electron chi connectivity index (χ4n) is 4.30. The molecule has 0 radical (unpaired) electrons. The van der Waals surface area contributed by atoms with Gasteiger partial charge in [0, 0.05) is 48.8 Å². The van der Waals surface area contributed by atoms with E-state index in [2.05, 4.69) is 31.3 Å². The van der Waals surface area contributed by atoms with Gasteiger partial charge in [-0.25, -0.2) is 0 Å². The van der Waals surface area contributed by atoms with Crippen molar-refractivity contribution < 1.29 is 9.59 Å². The van der Waals surface area contributed by atoms with Crippen molar-refractivity contribution in [2.75, 3.05) is 18.0 Å². The van der Waals surface area contributed by atoms with Gasteiger partial charge in [0.05, 0.1) is 25.0 Å². The Morgan fingerprint density at radius 3 is 2.28 bits per heavy atom. The minimum Gasteiger partial charge on any atom is -0.369 e. The predicted molar refractivity (Wildman–Crippen MR) is 110 cm³/mol. The van der Waals surface area contributed by atoms with Gasteiger partial charge >= 0.3 is 0 Å². The molecule has 0 saturated heterocycles. The van der Waals surface area contributed by atoms with Crippen LogP contribution < -0.4 is 10.2 Å². The number of anilines is 1. The van der Waals surface area contributed by atoms with Gasteiger partial charge in [-0.1, -0.05) is 26.0 Å². The number of nitrogens with zero attached hydrogens (tertiary/aromatic N) is 3. The molecule has 1 atom stereocenters. The zero-order valence-electron chi connectivity index (χ0n) is 17.0. The van der Waals surface area contributed by atoms with Crippen LogP contribution in [-0.4, -0.2) is 24.8 Å². The van der Waals surface area contributed by atoms with Gasteiger partial charge < -0.3 is 10.2 Å². The van der Waals surface area contributed by atoms with E-state index in [1.807, 2.05) is 29.2 Å². The summed E-state index contributed by atoms with van der Waals surface area (Å²) >= 11 is 0. The molecule has 6 heteroatoms. The van der Waals surface area contributed by atoms with Crippen LogP contribution in [-0.2, 0) is 9.59 Å². The molecule has 1 aliphatic heterocycles. The normalized spacial score (nSPS) is 20.3. The number of benzene rings is 1. The van der Waals surface area contributed by atoms with Crippen LogP contribution in [0.25, 0.3) is 0 Å². The lowest BCUT2D eigenvalue weighted by Crippen LogP contribution is -2.40. The van der Waals surface area contributed by atoms with Crippen LogP contribution in [0.1, 0.15) is 57.4 Å². The molecule has 3 rings (SSSR count). The first-order valence-electron chi connectivity index (χ1n) is 9.99. The van der Waals surface area contributed by atoms with Crippen molar-refractivity contribution in [2.24, 2.45) is 5.41 Å². The Morgan fingerprint density at radius 2 is 1.69 bits per heavy atom. The number of carbonyl (C=O) groups excluding carboxylic acids is 2. The van der Waals surface area contributed by atoms with Gasteiger partial charge in [0.25, 0.3) is 0 Å². The number of allylic oxidation sites excluding steroid dienone is 2. The summed E-state index contributed by atoms with van der Waals surface area (Å²) in [6, 6.07) is 12.1. The van der Waals surface area contributed by atoms with Crippen LogP contribution in [0.4, 0.5) is 5.69 Å². The molecule has 1 aromatic carbocycles. The summed E-state index contributed by atoms with van der Waals surface area (Å²) in [5.41, 5.74) is 3.27. The van der Waals surface area contributed by atoms with Crippen molar-refractivity contribution in [3.05, 3.63) is 41.1 Å². The molecular formula is C23H26N4O2. The maximum absolute atomic E-state index is 12.9. The van der Waals surface area contributed by atoms with E-state index in [1.165, 1.54) is 0 Å². The fourth-order valence-corrected chi connectivity index (χ4v) is 4.30. The summed E-state index contributed by atoms with van der Waals surface area (Å²) < 4.78 is 0. The first kappa shape index (κ1) is 20.6. The van der Waals surface area contributed by atoms with E-state index in [1.54, 1.807) is 0 Å². The van der Waals surface area contributed by atoms with E-state index in [0.29, 0.717) is 38.8 Å². The highest BCUT2D eigenvalue weighted by Crippen LogP contribution is 2.44. The number of rotatable bonds is 6. The zero-order chi connectivity index (χ0) is 21.0. The van der Waals surface area contributed by atoms with Crippen LogP contribution in [0.15, 0.2) is 35.5 Å². The second-order valence-corrected chi connectivity index (χ2v) is 8.53. The Balaban J connectivity index is 1.88. The number of carbonyl (C=O) groups is 2. The van der Waals surface area contributed by atoms with E-state index in [-0.39, 0.29) is 29.4 Å². The summed E-state index contributed by atoms with van der Waals surface area (Å²) in [5.74, 6) is -0.147. The van der Waals surface area contributed by atoms with E-state index < -0.39 is 0 Å². The Bertz CT molecular complexity index is 898. The quantitative estimate of drug-likeness (QED) is 0.801. The third kappa shape index (κ3) is 4.66. The molecule has 0 aromatic heterocycles. The highest BCUT2D eigenvalue weighted by atomic mass is 16.2. The number of hydrogen-bond donors (Lipinski definition) is 1. The predicted octanol–water partition coefficient (Wildman–Crippen LogP) is 3.57. The lowest BCUT2D eigenvalue weighted by Gasteiger charge is -2.38. The Morgan fingerprint density at radius 1 is 1.07 bits per heavy atom. The number of hydrogen-bond acceptors (Lipinski definition) is 5. The minimum atomic E-state index is -0.219. The van der Waals surface area contributed by atoms with Crippen LogP contribution in [0.5, 0.6) is 0 Å². The maximum Gasteiger partial charge on any atom is 0.225 e. The van der Waals surface area contributed by atoms with Crippen molar-refractivity contribution in [2.45, 2.75) is 51.9 Å². The molecule has 1 aliphatic carbocycles. The van der Waals surface area contributed by atoms with Crippen LogP contribution in [0, 0.1) is 28.1 Å². The monoisotopic (exact) mass is 390 g/mol. The van der Waals surface area contributed by atoms with Gasteiger partial charge in [0.1, 0.15) is 0 Å². The van der Waals surface area contributed by atoms with Crippen molar-refractivity contribution in [1.82, 2.24) is 5.32 Å². The molecule has 1 heterocycles. The van der Waals surface area contributed by atoms with Gasteiger partial charge in [-0.15, -0.1) is 0 Å². The molecule has 0 fully saturated rings. The smallest absolute Gasteiger partial charge is 0.225 e. The number of ketones is 1. The van der Waals surface area contributed by atoms with Crippen LogP contribution in [0.2, 0.25) is 0 Å². The molecule has 0 spiro atoms. The zero-order valence-corrected chi connectivity index (χ0v) is 17.0. The molecule has 150 valence electrons. The first-order valence-corrected chi connectivity index (χ1v) is 9.99. The van der Waals surface area contributed by atoms with E-state index in [9.17, 15) is 9.59 Å². The lowest BCUT2D eigenvalue weighted by atomic mass is 9.70. The second-order valence-electron chi connectivity index (χ2n) is 8.53. The molecule has 0 bridgehead atoms. The number of nitriles is 2. The summed E-state index contributed by atoms with van der Waals surface area (Å²) in [6.07, 6.45) is 2.24. The first-order chi connectivity index (χ1) is 13.8. The van der Waals surface area contributed by atoms with Crippen molar-refractivity contribution >= 4 is 17.4 Å². The minimum absolute atomic E-state index is 0.0482. The van der Waals surface area contributed by atoms with Crippen molar-refractivity contribution in [3.63, 3.8) is 0 Å². The SMILES string of the molecule is CC1(C)CC(=O)C2=C(C1)NC(=O)C[C@H]2c1ccc(N(CCC#N)CCC#N)cc1. The van der Waals surface area contributed by atoms with Crippen molar-refractivity contribution in [1.29, 1.82) is 10.5 Å². The summed E-state index contributed by atoms with van der Waals surface area (Å²) in [7, 11) is 0. The van der Waals surface area contributed by atoms with Gasteiger partial charge in [-0.2, -0.15) is 10.5 Å². The summed E-state index contributed by atoms with van der Waals surface area (Å²) in [5, 5.41) is 20.7. The molecular weight excluding hydrogens is 364 g/mol. The maximum atomic E-state index is 12.9. The van der Waals surface area contributed by atoms with Gasteiger partial charge in [0.2, 0.25) is 5.91 Å². The fraction of sp³-hybridized carbons (Fsp3) is 0.478. The molecule has 1 amide bonds. The Hall–Kier alpha value is -3.12. The molecule has 6 nitrogen and oxygen atoms in total. The van der Waals surface area contributed by atoms with Gasteiger partial charge in [-0.3, -0.25) is 9.59 Å². The molecule has 1 N–H and O–H groups in total. The topological polar surface area (TPSA) is 97.0 Å². The van der Waals surface area contributed by atoms with E-state index >= 15 is 0 Å². The summed E-state index contributed by atoms with van der Waals surface area (Å²) in [6.45, 7) is 5.23. The van der Waals surface area contributed by atoms with E-state index in [4.69, 9.17) is 10.5 Å². The Kier molecular flexibility index (Phi) is 6.03. The van der Waals surface area contributed by atoms with Gasteiger partial charge in [0.15, 0.2) is 5.78 Å². The standard InChI is InChI=1S/C23H26N4O2/c1-23(2)14-19-22(20(28)15-23)18(13-21(29)26-19)16-5-7-17(8-6-16)27(11-3-9-24)12-4-10-25/h5-8,18H,3-4,11-15H2,1-2H3,(H,26,29)/t18-/m0/s1. The Labute approximate surface area is 171 Å². The van der Waals surface area contributed by atoms with Gasteiger partial charge in [-0.05, 0) is 29.5 Å². The molecule has 0 saturated carbocycles. The molecule has 2 aliphatic rings. The number of Topliss-reactive ketones (excluding diaryl/α,β-unsaturated/α-hetero) is 1. The largest absolute Gasteiger partial charge is 0.369 e. The number of nitrogens with one attached hydrogen (secondary N) is 1. The average Bonchev–Trinajstić information content (AvgIpc) is 2.66. The molecule has 1 aromatic rings. The summed E-state index contributed by atoms with van der Waals surface area (Å²) in [4.78, 5) is 27.2. The molecule has 29 heavy (non-hydrogen) atoms. The average molecular weight is 390 g/mol. The lowest BCUT2D eigenvalue weighted by molar-refractivity contribution is -0.122. The highest BCUT2D eigenvalue weighted by molar-refractivity contribution is 6.02. The van der Waals surface area contributed by atoms with Crippen molar-refractivity contribution in [3.8, 4) is 12.1 Å². The third-order valence-electron chi connectivity index (χ3n) is 5.60. The van der Waals surface area contributed by atoms with Crippen LogP contribution >= 0.6 is 0 Å². The molecule has 0 unspecified atom stereocenters. The highest BCUT2D eigenvalue weighted by Gasteiger charge is 2.40.